The summed E-state index contributed by atoms with van der Waals surface area (Å²) in [5.74, 6) is -0.873. The van der Waals surface area contributed by atoms with Crippen molar-refractivity contribution in [1.82, 2.24) is 4.90 Å². The Labute approximate surface area is 156 Å². The summed E-state index contributed by atoms with van der Waals surface area (Å²) in [5, 5.41) is 0.606. The lowest BCUT2D eigenvalue weighted by molar-refractivity contribution is -0.153. The predicted octanol–water partition coefficient (Wildman–Crippen LogP) is 3.37. The highest BCUT2D eigenvalue weighted by Gasteiger charge is 2.13. The Morgan fingerprint density at radius 1 is 1.12 bits per heavy atom. The molecule has 5 nitrogen and oxygen atoms in total. The van der Waals surface area contributed by atoms with E-state index in [2.05, 4.69) is 0 Å². The maximum absolute atomic E-state index is 12.9. The molecule has 0 aliphatic heterocycles. The molecule has 2 rings (SSSR count). The number of carbonyl (C=O) groups excluding carboxylic acids is 2. The number of esters is 1. The van der Waals surface area contributed by atoms with E-state index in [1.807, 2.05) is 6.92 Å². The first kappa shape index (κ1) is 19.7. The zero-order valence-electron chi connectivity index (χ0n) is 14.5. The lowest BCUT2D eigenvalue weighted by atomic mass is 10.2. The molecule has 0 unspecified atom stereocenters. The Bertz CT molecular complexity index is 780. The van der Waals surface area contributed by atoms with Crippen LogP contribution in [0.2, 0.25) is 5.02 Å². The first-order chi connectivity index (χ1) is 12.3. The first-order valence-corrected chi connectivity index (χ1v) is 8.26. The maximum atomic E-state index is 12.9. The van der Waals surface area contributed by atoms with E-state index in [1.165, 1.54) is 17.0 Å². The largest absolute Gasteiger partial charge is 0.482 e. The lowest BCUT2D eigenvalue weighted by Gasteiger charge is -2.17. The molecule has 0 saturated carbocycles. The van der Waals surface area contributed by atoms with Gasteiger partial charge in [-0.3, -0.25) is 4.79 Å². The summed E-state index contributed by atoms with van der Waals surface area (Å²) in [6.07, 6.45) is 0. The van der Waals surface area contributed by atoms with Gasteiger partial charge in [0.05, 0.1) is 0 Å². The monoisotopic (exact) mass is 379 g/mol. The second-order valence-electron chi connectivity index (χ2n) is 5.74. The normalized spacial score (nSPS) is 10.3. The Morgan fingerprint density at radius 2 is 1.81 bits per heavy atom. The van der Waals surface area contributed by atoms with Gasteiger partial charge in [-0.2, -0.15) is 0 Å². The van der Waals surface area contributed by atoms with Crippen molar-refractivity contribution in [2.24, 2.45) is 0 Å². The van der Waals surface area contributed by atoms with Crippen LogP contribution < -0.4 is 4.74 Å². The number of ether oxygens (including phenoxy) is 2. The van der Waals surface area contributed by atoms with Crippen LogP contribution in [0.4, 0.5) is 4.39 Å². The van der Waals surface area contributed by atoms with Crippen LogP contribution in [0.25, 0.3) is 0 Å². The van der Waals surface area contributed by atoms with Gasteiger partial charge in [-0.1, -0.05) is 23.7 Å². The molecule has 26 heavy (non-hydrogen) atoms. The van der Waals surface area contributed by atoms with Crippen LogP contribution in [0.3, 0.4) is 0 Å². The number of amides is 1. The van der Waals surface area contributed by atoms with Gasteiger partial charge in [-0.25, -0.2) is 9.18 Å². The summed E-state index contributed by atoms with van der Waals surface area (Å²) < 4.78 is 23.1. The zero-order valence-corrected chi connectivity index (χ0v) is 15.3. The minimum atomic E-state index is -0.652. The molecule has 0 spiro atoms. The van der Waals surface area contributed by atoms with Crippen molar-refractivity contribution in [3.8, 4) is 5.75 Å². The number of aryl methyl sites for hydroxylation is 1. The minimum absolute atomic E-state index is 0.289. The third-order valence-corrected chi connectivity index (χ3v) is 4.03. The van der Waals surface area contributed by atoms with Crippen molar-refractivity contribution in [1.29, 1.82) is 0 Å². The van der Waals surface area contributed by atoms with Gasteiger partial charge in [0.25, 0.3) is 5.91 Å². The number of hydrogen-bond donors (Lipinski definition) is 0. The fraction of sp³-hybridized carbons (Fsp3) is 0.263. The average molecular weight is 380 g/mol. The number of halogens is 2. The molecule has 0 aliphatic carbocycles. The van der Waals surface area contributed by atoms with Gasteiger partial charge >= 0.3 is 5.97 Å². The molecule has 0 radical (unpaired) electrons. The fourth-order valence-corrected chi connectivity index (χ4v) is 2.21. The highest BCUT2D eigenvalue weighted by Crippen LogP contribution is 2.20. The van der Waals surface area contributed by atoms with Crippen LogP contribution in [-0.4, -0.2) is 37.0 Å². The highest BCUT2D eigenvalue weighted by atomic mass is 35.5. The second kappa shape index (κ2) is 9.20. The number of carbonyl (C=O) groups is 2. The number of benzene rings is 2. The van der Waals surface area contributed by atoms with Crippen molar-refractivity contribution in [3.63, 3.8) is 0 Å². The Hall–Kier alpha value is -2.60. The molecule has 0 atom stereocenters. The smallest absolute Gasteiger partial charge is 0.344 e. The molecular formula is C19H19ClFNO4. The standard InChI is InChI=1S/C19H19ClFNO4/c1-13-9-16(7-8-17(13)20)25-12-19(24)26-11-18(23)22(2)10-14-3-5-15(21)6-4-14/h3-9H,10-12H2,1-2H3. The van der Waals surface area contributed by atoms with Gasteiger partial charge in [-0.05, 0) is 48.4 Å². The molecule has 2 aromatic rings. The van der Waals surface area contributed by atoms with Gasteiger partial charge in [0.2, 0.25) is 0 Å². The summed E-state index contributed by atoms with van der Waals surface area (Å²) in [6, 6.07) is 10.8. The van der Waals surface area contributed by atoms with Crippen LogP contribution in [-0.2, 0) is 20.9 Å². The molecule has 0 saturated heterocycles. The quantitative estimate of drug-likeness (QED) is 0.692. The fourth-order valence-electron chi connectivity index (χ4n) is 2.10. The van der Waals surface area contributed by atoms with E-state index in [9.17, 15) is 14.0 Å². The van der Waals surface area contributed by atoms with E-state index in [0.717, 1.165) is 11.1 Å². The average Bonchev–Trinajstić information content (AvgIpc) is 2.62. The molecule has 0 N–H and O–H groups in total. The van der Waals surface area contributed by atoms with Crippen molar-refractivity contribution >= 4 is 23.5 Å². The predicted molar refractivity (Wildman–Crippen MR) is 95.5 cm³/mol. The molecule has 0 aliphatic rings. The van der Waals surface area contributed by atoms with Crippen LogP contribution in [0.15, 0.2) is 42.5 Å². The molecule has 0 fully saturated rings. The van der Waals surface area contributed by atoms with Gasteiger partial charge in [0, 0.05) is 18.6 Å². The van der Waals surface area contributed by atoms with Gasteiger partial charge in [0.1, 0.15) is 11.6 Å². The van der Waals surface area contributed by atoms with Crippen molar-refractivity contribution in [3.05, 3.63) is 64.4 Å². The van der Waals surface area contributed by atoms with Crippen molar-refractivity contribution in [2.45, 2.75) is 13.5 Å². The summed E-state index contributed by atoms with van der Waals surface area (Å²) in [4.78, 5) is 25.1. The van der Waals surface area contributed by atoms with E-state index in [4.69, 9.17) is 21.1 Å². The number of rotatable bonds is 7. The third kappa shape index (κ3) is 6.04. The maximum Gasteiger partial charge on any atom is 0.344 e. The SMILES string of the molecule is Cc1cc(OCC(=O)OCC(=O)N(C)Cc2ccc(F)cc2)ccc1Cl. The van der Waals surface area contributed by atoms with E-state index >= 15 is 0 Å². The lowest BCUT2D eigenvalue weighted by Crippen LogP contribution is -2.31. The van der Waals surface area contributed by atoms with Crippen molar-refractivity contribution in [2.75, 3.05) is 20.3 Å². The second-order valence-corrected chi connectivity index (χ2v) is 6.14. The summed E-state index contributed by atoms with van der Waals surface area (Å²) in [6.45, 7) is 1.41. The van der Waals surface area contributed by atoms with Gasteiger partial charge < -0.3 is 14.4 Å². The van der Waals surface area contributed by atoms with Crippen LogP contribution >= 0.6 is 11.6 Å². The summed E-state index contributed by atoms with van der Waals surface area (Å²) >= 11 is 5.92. The molecule has 138 valence electrons. The van der Waals surface area contributed by atoms with Gasteiger partial charge in [0.15, 0.2) is 13.2 Å². The number of hydrogen-bond acceptors (Lipinski definition) is 4. The van der Waals surface area contributed by atoms with E-state index in [1.54, 1.807) is 37.4 Å². The number of nitrogens with zero attached hydrogens (tertiary/aromatic N) is 1. The molecular weight excluding hydrogens is 361 g/mol. The summed E-state index contributed by atoms with van der Waals surface area (Å²) in [7, 11) is 1.58. The molecule has 1 amide bonds. The molecule has 0 heterocycles. The van der Waals surface area contributed by atoms with Crippen molar-refractivity contribution < 1.29 is 23.5 Å². The molecule has 2 aromatic carbocycles. The van der Waals surface area contributed by atoms with E-state index in [0.29, 0.717) is 10.8 Å². The number of likely N-dealkylation sites (N-methyl/N-ethyl adjacent to an activating group) is 1. The third-order valence-electron chi connectivity index (χ3n) is 3.60. The zero-order chi connectivity index (χ0) is 19.1. The van der Waals surface area contributed by atoms with E-state index in [-0.39, 0.29) is 31.5 Å². The minimum Gasteiger partial charge on any atom is -0.482 e. The van der Waals surface area contributed by atoms with E-state index < -0.39 is 5.97 Å². The van der Waals surface area contributed by atoms with Crippen LogP contribution in [0.5, 0.6) is 5.75 Å². The van der Waals surface area contributed by atoms with Crippen LogP contribution in [0.1, 0.15) is 11.1 Å². The molecule has 7 heteroatoms. The van der Waals surface area contributed by atoms with Crippen LogP contribution in [0, 0.1) is 12.7 Å². The Kier molecular flexibility index (Phi) is 6.97. The molecule has 0 bridgehead atoms. The summed E-state index contributed by atoms with van der Waals surface area (Å²) in [5.41, 5.74) is 1.60. The highest BCUT2D eigenvalue weighted by molar-refractivity contribution is 6.31. The molecule has 0 aromatic heterocycles. The van der Waals surface area contributed by atoms with Gasteiger partial charge in [-0.15, -0.1) is 0 Å². The first-order valence-electron chi connectivity index (χ1n) is 7.88. The Morgan fingerprint density at radius 3 is 2.46 bits per heavy atom. The Balaban J connectivity index is 1.74. The topological polar surface area (TPSA) is 55.8 Å².